The number of anilines is 1. The predicted octanol–water partition coefficient (Wildman–Crippen LogP) is 5.77. The number of nitrogens with one attached hydrogen (secondary N) is 1. The van der Waals surface area contributed by atoms with E-state index < -0.39 is 0 Å². The van der Waals surface area contributed by atoms with Crippen LogP contribution in [0.3, 0.4) is 0 Å². The Balaban J connectivity index is 1.16. The quantitative estimate of drug-likeness (QED) is 0.497. The molecule has 1 fully saturated rings. The SMILES string of the molecule is Cc1ccc(C)c(CC(=O)N2CCC(c3nc(NC(=O)C4CCCc5ccccc54)cs3)CC2)c1. The molecule has 2 aliphatic rings. The van der Waals surface area contributed by atoms with Crippen LogP contribution in [0.4, 0.5) is 5.82 Å². The van der Waals surface area contributed by atoms with Gasteiger partial charge >= 0.3 is 0 Å². The van der Waals surface area contributed by atoms with Crippen molar-refractivity contribution in [1.82, 2.24) is 9.88 Å². The lowest BCUT2D eigenvalue weighted by molar-refractivity contribution is -0.131. The highest BCUT2D eigenvalue weighted by Gasteiger charge is 2.28. The summed E-state index contributed by atoms with van der Waals surface area (Å²) in [7, 11) is 0. The van der Waals surface area contributed by atoms with E-state index in [2.05, 4.69) is 49.5 Å². The molecule has 1 aromatic heterocycles. The molecule has 0 bridgehead atoms. The summed E-state index contributed by atoms with van der Waals surface area (Å²) in [6, 6.07) is 14.6. The van der Waals surface area contributed by atoms with Crippen LogP contribution in [0.25, 0.3) is 0 Å². The third-order valence-corrected chi connectivity index (χ3v) is 8.51. The fourth-order valence-electron chi connectivity index (χ4n) is 5.41. The van der Waals surface area contributed by atoms with Crippen LogP contribution in [-0.4, -0.2) is 34.8 Å². The van der Waals surface area contributed by atoms with E-state index >= 15 is 0 Å². The number of amides is 2. The van der Waals surface area contributed by atoms with Crippen molar-refractivity contribution in [2.45, 2.75) is 64.2 Å². The van der Waals surface area contributed by atoms with Gasteiger partial charge in [0.1, 0.15) is 5.82 Å². The van der Waals surface area contributed by atoms with Crippen LogP contribution in [0.1, 0.15) is 70.3 Å². The van der Waals surface area contributed by atoms with Crippen LogP contribution in [0, 0.1) is 13.8 Å². The molecule has 2 heterocycles. The normalized spacial score (nSPS) is 18.2. The fourth-order valence-corrected chi connectivity index (χ4v) is 6.34. The first-order valence-electron chi connectivity index (χ1n) is 12.7. The number of fused-ring (bicyclic) bond motifs is 1. The van der Waals surface area contributed by atoms with Gasteiger partial charge in [-0.2, -0.15) is 0 Å². The summed E-state index contributed by atoms with van der Waals surface area (Å²) in [6.07, 6.45) is 5.26. The summed E-state index contributed by atoms with van der Waals surface area (Å²) in [4.78, 5) is 32.7. The molecule has 182 valence electrons. The van der Waals surface area contributed by atoms with Crippen molar-refractivity contribution < 1.29 is 9.59 Å². The number of thiazole rings is 1. The highest BCUT2D eigenvalue weighted by atomic mass is 32.1. The monoisotopic (exact) mass is 487 g/mol. The van der Waals surface area contributed by atoms with Gasteiger partial charge in [0, 0.05) is 24.4 Å². The highest BCUT2D eigenvalue weighted by molar-refractivity contribution is 7.10. The van der Waals surface area contributed by atoms with Gasteiger partial charge < -0.3 is 10.2 Å². The van der Waals surface area contributed by atoms with Gasteiger partial charge in [-0.15, -0.1) is 11.3 Å². The van der Waals surface area contributed by atoms with Gasteiger partial charge in [0.25, 0.3) is 0 Å². The molecule has 2 amide bonds. The number of rotatable bonds is 5. The Bertz CT molecular complexity index is 1230. The van der Waals surface area contributed by atoms with Crippen molar-refractivity contribution in [2.75, 3.05) is 18.4 Å². The molecular weight excluding hydrogens is 454 g/mol. The largest absolute Gasteiger partial charge is 0.342 e. The summed E-state index contributed by atoms with van der Waals surface area (Å²) in [6.45, 7) is 5.65. The zero-order valence-electron chi connectivity index (χ0n) is 20.5. The van der Waals surface area contributed by atoms with Gasteiger partial charge in [-0.05, 0) is 68.2 Å². The maximum Gasteiger partial charge on any atom is 0.233 e. The summed E-state index contributed by atoms with van der Waals surface area (Å²) in [5, 5.41) is 6.09. The molecule has 2 aromatic carbocycles. The third-order valence-electron chi connectivity index (χ3n) is 7.50. The van der Waals surface area contributed by atoms with Crippen molar-refractivity contribution >= 4 is 29.0 Å². The van der Waals surface area contributed by atoms with Gasteiger partial charge in [-0.3, -0.25) is 9.59 Å². The molecule has 1 saturated heterocycles. The van der Waals surface area contributed by atoms with Gasteiger partial charge in [0.15, 0.2) is 0 Å². The van der Waals surface area contributed by atoms with Crippen LogP contribution in [-0.2, 0) is 22.4 Å². The second kappa shape index (κ2) is 10.3. The number of aromatic nitrogens is 1. The van der Waals surface area contributed by atoms with Crippen molar-refractivity contribution in [2.24, 2.45) is 0 Å². The van der Waals surface area contributed by atoms with Gasteiger partial charge in [-0.1, -0.05) is 48.0 Å². The van der Waals surface area contributed by atoms with E-state index in [-0.39, 0.29) is 17.7 Å². The molecule has 1 unspecified atom stereocenters. The topological polar surface area (TPSA) is 62.3 Å². The molecular formula is C29H33N3O2S. The molecule has 5 nitrogen and oxygen atoms in total. The van der Waals surface area contributed by atoms with Crippen molar-refractivity contribution in [1.29, 1.82) is 0 Å². The Kier molecular flexibility index (Phi) is 7.00. The van der Waals surface area contributed by atoms with Gasteiger partial charge in [-0.25, -0.2) is 4.98 Å². The van der Waals surface area contributed by atoms with Gasteiger partial charge in [0.05, 0.1) is 17.3 Å². The number of piperidine rings is 1. The molecule has 6 heteroatoms. The molecule has 1 N–H and O–H groups in total. The zero-order chi connectivity index (χ0) is 24.4. The maximum atomic E-state index is 13.0. The molecule has 35 heavy (non-hydrogen) atoms. The molecule has 0 radical (unpaired) electrons. The number of carbonyl (C=O) groups excluding carboxylic acids is 2. The standard InChI is InChI=1S/C29H33N3O2S/c1-19-10-11-20(2)23(16-19)17-27(33)32-14-12-22(13-15-32)29-31-26(18-35-29)30-28(34)25-9-5-7-21-6-3-4-8-24(21)25/h3-4,6,8,10-11,16,18,22,25H,5,7,9,12-15,17H2,1-2H3,(H,30,34). The van der Waals surface area contributed by atoms with E-state index in [9.17, 15) is 9.59 Å². The maximum absolute atomic E-state index is 13.0. The second-order valence-corrected chi connectivity index (χ2v) is 10.9. The van der Waals surface area contributed by atoms with E-state index in [1.165, 1.54) is 16.7 Å². The number of aryl methyl sites for hydroxylation is 3. The first kappa shape index (κ1) is 23.7. The molecule has 3 aromatic rings. The van der Waals surface area contributed by atoms with E-state index in [1.807, 2.05) is 22.4 Å². The molecule has 0 spiro atoms. The molecule has 1 aliphatic heterocycles. The average molecular weight is 488 g/mol. The average Bonchev–Trinajstić information content (AvgIpc) is 3.34. The van der Waals surface area contributed by atoms with Crippen LogP contribution in [0.5, 0.6) is 0 Å². The summed E-state index contributed by atoms with van der Waals surface area (Å²) in [5.74, 6) is 1.14. The third kappa shape index (κ3) is 5.32. The molecule has 0 saturated carbocycles. The second-order valence-electron chi connectivity index (χ2n) is 9.97. The minimum Gasteiger partial charge on any atom is -0.342 e. The zero-order valence-corrected chi connectivity index (χ0v) is 21.4. The van der Waals surface area contributed by atoms with Crippen LogP contribution < -0.4 is 5.32 Å². The number of hydrogen-bond acceptors (Lipinski definition) is 4. The summed E-state index contributed by atoms with van der Waals surface area (Å²) in [5.41, 5.74) is 5.93. The minimum absolute atomic E-state index is 0.0425. The number of nitrogens with zero attached hydrogens (tertiary/aromatic N) is 2. The molecule has 5 rings (SSSR count). The van der Waals surface area contributed by atoms with E-state index in [0.29, 0.717) is 18.2 Å². The highest BCUT2D eigenvalue weighted by Crippen LogP contribution is 2.34. The summed E-state index contributed by atoms with van der Waals surface area (Å²) >= 11 is 1.62. The molecule has 1 aliphatic carbocycles. The lowest BCUT2D eigenvalue weighted by Crippen LogP contribution is -2.38. The van der Waals surface area contributed by atoms with Crippen LogP contribution in [0.15, 0.2) is 47.8 Å². The smallest absolute Gasteiger partial charge is 0.233 e. The first-order chi connectivity index (χ1) is 17.0. The van der Waals surface area contributed by atoms with Crippen molar-refractivity contribution in [3.63, 3.8) is 0 Å². The van der Waals surface area contributed by atoms with E-state index in [4.69, 9.17) is 4.98 Å². The predicted molar refractivity (Wildman–Crippen MR) is 141 cm³/mol. The molecule has 1 atom stereocenters. The Labute approximate surface area is 211 Å². The number of benzene rings is 2. The Morgan fingerprint density at radius 1 is 1.09 bits per heavy atom. The van der Waals surface area contributed by atoms with Gasteiger partial charge in [0.2, 0.25) is 11.8 Å². The number of likely N-dealkylation sites (tertiary alicyclic amines) is 1. The van der Waals surface area contributed by atoms with Crippen LogP contribution in [0.2, 0.25) is 0 Å². The van der Waals surface area contributed by atoms with Crippen LogP contribution >= 0.6 is 11.3 Å². The van der Waals surface area contributed by atoms with Crippen molar-refractivity contribution in [3.8, 4) is 0 Å². The number of carbonyl (C=O) groups is 2. The van der Waals surface area contributed by atoms with E-state index in [0.717, 1.165) is 61.3 Å². The lowest BCUT2D eigenvalue weighted by Gasteiger charge is -2.31. The number of hydrogen-bond donors (Lipinski definition) is 1. The van der Waals surface area contributed by atoms with Crippen molar-refractivity contribution in [3.05, 3.63) is 80.7 Å². The fraction of sp³-hybridized carbons (Fsp3) is 0.414. The lowest BCUT2D eigenvalue weighted by atomic mass is 9.82. The summed E-state index contributed by atoms with van der Waals surface area (Å²) < 4.78 is 0. The Hall–Kier alpha value is -2.99. The minimum atomic E-state index is -0.101. The van der Waals surface area contributed by atoms with E-state index in [1.54, 1.807) is 11.3 Å². The first-order valence-corrected chi connectivity index (χ1v) is 13.5. The Morgan fingerprint density at radius 2 is 1.89 bits per heavy atom. The Morgan fingerprint density at radius 3 is 2.71 bits per heavy atom.